The number of hydrogen-bond acceptors (Lipinski definition) is 4. The van der Waals surface area contributed by atoms with Crippen molar-refractivity contribution >= 4 is 27.3 Å². The van der Waals surface area contributed by atoms with E-state index in [2.05, 4.69) is 5.32 Å². The summed E-state index contributed by atoms with van der Waals surface area (Å²) in [6.45, 7) is 4.78. The van der Waals surface area contributed by atoms with Gasteiger partial charge in [0, 0.05) is 19.0 Å². The van der Waals surface area contributed by atoms with Gasteiger partial charge in [-0.3, -0.25) is 4.79 Å². The minimum Gasteiger partial charge on any atom is -0.349 e. The number of nitrogens with zero attached hydrogens (tertiary/aromatic N) is 1. The van der Waals surface area contributed by atoms with Crippen molar-refractivity contribution in [1.29, 1.82) is 0 Å². The molecular formula is C19H24N2O3S2. The molecule has 0 radical (unpaired) electrons. The minimum atomic E-state index is -3.42. The summed E-state index contributed by atoms with van der Waals surface area (Å²) in [5.41, 5.74) is 2.26. The van der Waals surface area contributed by atoms with Crippen molar-refractivity contribution in [2.45, 2.75) is 36.9 Å². The number of sulfonamides is 1. The van der Waals surface area contributed by atoms with E-state index >= 15 is 0 Å². The van der Waals surface area contributed by atoms with Gasteiger partial charge in [-0.2, -0.15) is 4.31 Å². The fraction of sp³-hybridized carbons (Fsp3) is 0.421. The first-order chi connectivity index (χ1) is 12.4. The van der Waals surface area contributed by atoms with Gasteiger partial charge in [-0.25, -0.2) is 8.42 Å². The fourth-order valence-corrected chi connectivity index (χ4v) is 5.78. The van der Waals surface area contributed by atoms with E-state index in [0.29, 0.717) is 30.1 Å². The lowest BCUT2D eigenvalue weighted by Crippen LogP contribution is -2.43. The lowest BCUT2D eigenvalue weighted by atomic mass is 9.96. The van der Waals surface area contributed by atoms with Crippen LogP contribution in [-0.2, 0) is 14.8 Å². The Morgan fingerprint density at radius 1 is 1.19 bits per heavy atom. The summed E-state index contributed by atoms with van der Waals surface area (Å²) >= 11 is 1.23. The highest BCUT2D eigenvalue weighted by molar-refractivity contribution is 7.91. The predicted octanol–water partition coefficient (Wildman–Crippen LogP) is 3.33. The molecule has 0 saturated carbocycles. The number of amides is 1. The highest BCUT2D eigenvalue weighted by Crippen LogP contribution is 2.27. The first-order valence-corrected chi connectivity index (χ1v) is 11.1. The summed E-state index contributed by atoms with van der Waals surface area (Å²) in [6, 6.07) is 11.4. The van der Waals surface area contributed by atoms with Crippen LogP contribution < -0.4 is 5.32 Å². The fourth-order valence-electron chi connectivity index (χ4n) is 3.17. The molecule has 7 heteroatoms. The maximum Gasteiger partial charge on any atom is 0.252 e. The summed E-state index contributed by atoms with van der Waals surface area (Å²) in [5.74, 6) is -0.135. The Kier molecular flexibility index (Phi) is 5.79. The Morgan fingerprint density at radius 2 is 1.85 bits per heavy atom. The van der Waals surface area contributed by atoms with Crippen molar-refractivity contribution in [1.82, 2.24) is 9.62 Å². The van der Waals surface area contributed by atoms with Crippen molar-refractivity contribution < 1.29 is 13.2 Å². The van der Waals surface area contributed by atoms with Gasteiger partial charge in [-0.15, -0.1) is 11.3 Å². The van der Waals surface area contributed by atoms with Crippen LogP contribution in [0.1, 0.15) is 36.9 Å². The highest BCUT2D eigenvalue weighted by Gasteiger charge is 2.32. The zero-order valence-electron chi connectivity index (χ0n) is 15.0. The molecule has 1 saturated heterocycles. The third-order valence-electron chi connectivity index (χ3n) is 4.85. The number of carbonyl (C=O) groups excluding carboxylic acids is 1. The van der Waals surface area contributed by atoms with Crippen LogP contribution in [0, 0.1) is 12.8 Å². The van der Waals surface area contributed by atoms with Gasteiger partial charge in [0.1, 0.15) is 4.21 Å². The molecule has 1 aromatic carbocycles. The summed E-state index contributed by atoms with van der Waals surface area (Å²) in [5, 5.41) is 4.83. The van der Waals surface area contributed by atoms with Crippen LogP contribution in [0.4, 0.5) is 0 Å². The number of piperidine rings is 1. The zero-order chi connectivity index (χ0) is 18.7. The van der Waals surface area contributed by atoms with Gasteiger partial charge in [-0.1, -0.05) is 35.9 Å². The normalized spacial score (nSPS) is 17.8. The van der Waals surface area contributed by atoms with Crippen molar-refractivity contribution in [2.75, 3.05) is 13.1 Å². The van der Waals surface area contributed by atoms with Crippen molar-refractivity contribution in [3.8, 4) is 0 Å². The van der Waals surface area contributed by atoms with Crippen LogP contribution in [0.25, 0.3) is 0 Å². The van der Waals surface area contributed by atoms with Crippen LogP contribution in [0.2, 0.25) is 0 Å². The molecule has 2 aromatic rings. The second-order valence-electron chi connectivity index (χ2n) is 6.75. The quantitative estimate of drug-likeness (QED) is 0.849. The van der Waals surface area contributed by atoms with Crippen molar-refractivity contribution in [3.63, 3.8) is 0 Å². The molecule has 1 aliphatic rings. The second-order valence-corrected chi connectivity index (χ2v) is 9.86. The molecule has 1 unspecified atom stereocenters. The van der Waals surface area contributed by atoms with Gasteiger partial charge in [0.15, 0.2) is 0 Å². The summed E-state index contributed by atoms with van der Waals surface area (Å²) in [7, 11) is -3.42. The van der Waals surface area contributed by atoms with Gasteiger partial charge in [0.25, 0.3) is 10.0 Å². The zero-order valence-corrected chi connectivity index (χ0v) is 16.6. The van der Waals surface area contributed by atoms with Crippen LogP contribution in [0.5, 0.6) is 0 Å². The molecule has 1 amide bonds. The molecule has 0 aliphatic carbocycles. The molecular weight excluding hydrogens is 368 g/mol. The van der Waals surface area contributed by atoms with E-state index in [1.165, 1.54) is 21.2 Å². The lowest BCUT2D eigenvalue weighted by molar-refractivity contribution is -0.126. The molecule has 5 nitrogen and oxygen atoms in total. The van der Waals surface area contributed by atoms with Crippen molar-refractivity contribution in [3.05, 3.63) is 52.9 Å². The average Bonchev–Trinajstić information content (AvgIpc) is 3.18. The Bertz CT molecular complexity index is 837. The van der Waals surface area contributed by atoms with Gasteiger partial charge in [0.05, 0.1) is 6.04 Å². The molecule has 0 spiro atoms. The van der Waals surface area contributed by atoms with Gasteiger partial charge in [-0.05, 0) is 43.7 Å². The number of nitrogens with one attached hydrogen (secondary N) is 1. The van der Waals surface area contributed by atoms with Gasteiger partial charge in [0.2, 0.25) is 5.91 Å². The molecule has 1 aliphatic heterocycles. The minimum absolute atomic E-state index is 0.00578. The van der Waals surface area contributed by atoms with E-state index < -0.39 is 10.0 Å². The van der Waals surface area contributed by atoms with Crippen LogP contribution >= 0.6 is 11.3 Å². The maximum absolute atomic E-state index is 12.6. The Hall–Kier alpha value is -1.70. The molecule has 1 aromatic heterocycles. The molecule has 26 heavy (non-hydrogen) atoms. The first-order valence-electron chi connectivity index (χ1n) is 8.78. The smallest absolute Gasteiger partial charge is 0.252 e. The van der Waals surface area contributed by atoms with E-state index in [-0.39, 0.29) is 17.9 Å². The molecule has 1 fully saturated rings. The summed E-state index contributed by atoms with van der Waals surface area (Å²) < 4.78 is 27.0. The molecule has 2 heterocycles. The summed E-state index contributed by atoms with van der Waals surface area (Å²) in [4.78, 5) is 12.6. The van der Waals surface area contributed by atoms with E-state index in [0.717, 1.165) is 5.56 Å². The Morgan fingerprint density at radius 3 is 2.42 bits per heavy atom. The van der Waals surface area contributed by atoms with E-state index in [1.54, 1.807) is 17.5 Å². The number of aryl methyl sites for hydroxylation is 1. The number of thiophene rings is 1. The van der Waals surface area contributed by atoms with E-state index in [4.69, 9.17) is 0 Å². The Labute approximate surface area is 159 Å². The topological polar surface area (TPSA) is 66.5 Å². The number of benzene rings is 1. The molecule has 1 N–H and O–H groups in total. The lowest BCUT2D eigenvalue weighted by Gasteiger charge is -2.30. The second kappa shape index (κ2) is 7.90. The third-order valence-corrected chi connectivity index (χ3v) is 8.12. The first kappa shape index (κ1) is 19.1. The van der Waals surface area contributed by atoms with Gasteiger partial charge < -0.3 is 5.32 Å². The maximum atomic E-state index is 12.6. The van der Waals surface area contributed by atoms with Crippen LogP contribution in [0.15, 0.2) is 46.0 Å². The number of rotatable bonds is 5. The van der Waals surface area contributed by atoms with E-state index in [9.17, 15) is 13.2 Å². The summed E-state index contributed by atoms with van der Waals surface area (Å²) in [6.07, 6.45) is 1.11. The molecule has 3 rings (SSSR count). The Balaban J connectivity index is 1.56. The van der Waals surface area contributed by atoms with Crippen molar-refractivity contribution in [2.24, 2.45) is 5.92 Å². The van der Waals surface area contributed by atoms with Crippen LogP contribution in [0.3, 0.4) is 0 Å². The molecule has 1 atom stereocenters. The largest absolute Gasteiger partial charge is 0.349 e. The monoisotopic (exact) mass is 392 g/mol. The predicted molar refractivity (Wildman–Crippen MR) is 104 cm³/mol. The SMILES string of the molecule is Cc1ccc(C(C)NC(=O)C2CCN(S(=O)(=O)c3cccs3)CC2)cc1. The number of hydrogen-bond donors (Lipinski definition) is 1. The highest BCUT2D eigenvalue weighted by atomic mass is 32.2. The van der Waals surface area contributed by atoms with E-state index in [1.807, 2.05) is 38.1 Å². The average molecular weight is 393 g/mol. The van der Waals surface area contributed by atoms with Crippen LogP contribution in [-0.4, -0.2) is 31.7 Å². The molecule has 140 valence electrons. The number of carbonyl (C=O) groups is 1. The third kappa shape index (κ3) is 4.16. The van der Waals surface area contributed by atoms with Gasteiger partial charge >= 0.3 is 0 Å². The standard InChI is InChI=1S/C19H24N2O3S2/c1-14-5-7-16(8-6-14)15(2)20-19(22)17-9-11-21(12-10-17)26(23,24)18-4-3-13-25-18/h3-8,13,15,17H,9-12H2,1-2H3,(H,20,22). The molecule has 0 bridgehead atoms.